The van der Waals surface area contributed by atoms with Gasteiger partial charge in [0.25, 0.3) is 0 Å². The highest BCUT2D eigenvalue weighted by molar-refractivity contribution is 7.89. The molecule has 0 saturated heterocycles. The van der Waals surface area contributed by atoms with Crippen molar-refractivity contribution in [2.75, 3.05) is 13.2 Å². The van der Waals surface area contributed by atoms with E-state index in [1.54, 1.807) is 25.1 Å². The minimum Gasteiger partial charge on any atom is -0.463 e. The molecule has 1 aliphatic rings. The Balaban J connectivity index is 2.46. The average Bonchev–Trinajstić information content (AvgIpc) is 2.34. The first-order valence-corrected chi connectivity index (χ1v) is 6.99. The Kier molecular flexibility index (Phi) is 3.49. The predicted molar refractivity (Wildman–Crippen MR) is 66.2 cm³/mol. The molecule has 1 N–H and O–H groups in total. The van der Waals surface area contributed by atoms with Crippen molar-refractivity contribution in [3.8, 4) is 0 Å². The fraction of sp³-hybridized carbons (Fsp3) is 0.250. The summed E-state index contributed by atoms with van der Waals surface area (Å²) in [6.07, 6.45) is 1.32. The molecule has 1 aromatic carbocycles. The zero-order valence-corrected chi connectivity index (χ0v) is 10.7. The van der Waals surface area contributed by atoms with Crippen LogP contribution >= 0.6 is 0 Å². The third kappa shape index (κ3) is 2.44. The van der Waals surface area contributed by atoms with Crippen molar-refractivity contribution >= 4 is 21.6 Å². The molecule has 2 rings (SSSR count). The maximum absolute atomic E-state index is 11.8. The van der Waals surface area contributed by atoms with Crippen molar-refractivity contribution in [2.45, 2.75) is 11.8 Å². The van der Waals surface area contributed by atoms with Crippen molar-refractivity contribution in [3.63, 3.8) is 0 Å². The Hall–Kier alpha value is -1.66. The second-order valence-electron chi connectivity index (χ2n) is 3.74. The lowest BCUT2D eigenvalue weighted by Crippen LogP contribution is -2.31. The van der Waals surface area contributed by atoms with E-state index in [4.69, 9.17) is 4.74 Å². The van der Waals surface area contributed by atoms with Crippen molar-refractivity contribution < 1.29 is 17.9 Å². The van der Waals surface area contributed by atoms with Gasteiger partial charge in [0.2, 0.25) is 10.0 Å². The first kappa shape index (κ1) is 12.8. The smallest absolute Gasteiger partial charge is 0.331 e. The van der Waals surface area contributed by atoms with Gasteiger partial charge in [-0.05, 0) is 24.1 Å². The SMILES string of the molecule is CCOC(=O)/C=C1\CNS(=O)(=O)c2ccccc21. The summed E-state index contributed by atoms with van der Waals surface area (Å²) in [6, 6.07) is 6.57. The largest absolute Gasteiger partial charge is 0.463 e. The third-order valence-electron chi connectivity index (χ3n) is 2.55. The van der Waals surface area contributed by atoms with Crippen molar-refractivity contribution in [2.24, 2.45) is 0 Å². The topological polar surface area (TPSA) is 72.5 Å². The van der Waals surface area contributed by atoms with E-state index >= 15 is 0 Å². The summed E-state index contributed by atoms with van der Waals surface area (Å²) in [5.41, 5.74) is 1.16. The number of hydrogen-bond donors (Lipinski definition) is 1. The fourth-order valence-corrected chi connectivity index (χ4v) is 3.01. The molecule has 5 nitrogen and oxygen atoms in total. The Bertz CT molecular complexity index is 604. The van der Waals surface area contributed by atoms with Gasteiger partial charge in [0, 0.05) is 12.6 Å². The molecule has 0 amide bonds. The quantitative estimate of drug-likeness (QED) is 0.639. The van der Waals surface area contributed by atoms with Gasteiger partial charge < -0.3 is 4.74 Å². The maximum Gasteiger partial charge on any atom is 0.331 e. The maximum atomic E-state index is 11.8. The van der Waals surface area contributed by atoms with E-state index in [2.05, 4.69) is 4.72 Å². The monoisotopic (exact) mass is 267 g/mol. The highest BCUT2D eigenvalue weighted by Gasteiger charge is 2.25. The molecule has 0 radical (unpaired) electrons. The molecule has 96 valence electrons. The van der Waals surface area contributed by atoms with Gasteiger partial charge in [0.05, 0.1) is 11.5 Å². The minimum atomic E-state index is -3.47. The lowest BCUT2D eigenvalue weighted by Gasteiger charge is -2.19. The number of ether oxygens (including phenoxy) is 1. The van der Waals surface area contributed by atoms with Crippen molar-refractivity contribution in [3.05, 3.63) is 35.9 Å². The third-order valence-corrected chi connectivity index (χ3v) is 4.01. The molecule has 0 aliphatic carbocycles. The van der Waals surface area contributed by atoms with Gasteiger partial charge in [-0.1, -0.05) is 18.2 Å². The van der Waals surface area contributed by atoms with E-state index < -0.39 is 16.0 Å². The van der Waals surface area contributed by atoms with Crippen LogP contribution in [0.15, 0.2) is 35.2 Å². The molecule has 1 aliphatic heterocycles. The summed E-state index contributed by atoms with van der Waals surface area (Å²) in [7, 11) is -3.47. The number of carbonyl (C=O) groups is 1. The van der Waals surface area contributed by atoms with Gasteiger partial charge in [-0.15, -0.1) is 0 Å². The van der Waals surface area contributed by atoms with Gasteiger partial charge in [0.15, 0.2) is 0 Å². The van der Waals surface area contributed by atoms with Crippen LogP contribution in [0.2, 0.25) is 0 Å². The number of benzene rings is 1. The Labute approximate surface area is 106 Å². The summed E-state index contributed by atoms with van der Waals surface area (Å²) in [5.74, 6) is -0.469. The molecule has 1 heterocycles. The normalized spacial score (nSPS) is 19.3. The van der Waals surface area contributed by atoms with Crippen LogP contribution in [0.4, 0.5) is 0 Å². The van der Waals surface area contributed by atoms with Crippen LogP contribution in [0, 0.1) is 0 Å². The van der Waals surface area contributed by atoms with Crippen LogP contribution in [0.3, 0.4) is 0 Å². The van der Waals surface area contributed by atoms with E-state index in [-0.39, 0.29) is 18.0 Å². The Morgan fingerprint density at radius 1 is 1.44 bits per heavy atom. The summed E-state index contributed by atoms with van der Waals surface area (Å²) in [6.45, 7) is 2.10. The number of carbonyl (C=O) groups excluding carboxylic acids is 1. The molecule has 0 atom stereocenters. The Morgan fingerprint density at radius 3 is 2.89 bits per heavy atom. The number of esters is 1. The fourth-order valence-electron chi connectivity index (χ4n) is 1.77. The van der Waals surface area contributed by atoms with Crippen LogP contribution in [0.25, 0.3) is 5.57 Å². The second kappa shape index (κ2) is 4.91. The highest BCUT2D eigenvalue weighted by atomic mass is 32.2. The summed E-state index contributed by atoms with van der Waals surface area (Å²) in [5, 5.41) is 0. The Morgan fingerprint density at radius 2 is 2.17 bits per heavy atom. The lowest BCUT2D eigenvalue weighted by atomic mass is 10.1. The molecule has 6 heteroatoms. The van der Waals surface area contributed by atoms with Crippen LogP contribution in [0.5, 0.6) is 0 Å². The molecule has 0 bridgehead atoms. The van der Waals surface area contributed by atoms with Crippen molar-refractivity contribution in [1.82, 2.24) is 4.72 Å². The van der Waals surface area contributed by atoms with Crippen molar-refractivity contribution in [1.29, 1.82) is 0 Å². The van der Waals surface area contributed by atoms with Gasteiger partial charge in [-0.3, -0.25) is 0 Å². The number of fused-ring (bicyclic) bond motifs is 1. The number of sulfonamides is 1. The summed E-state index contributed by atoms with van der Waals surface area (Å²) in [4.78, 5) is 11.6. The van der Waals surface area contributed by atoms with Crippen LogP contribution in [-0.4, -0.2) is 27.5 Å². The first-order chi connectivity index (χ1) is 8.54. The number of rotatable bonds is 2. The van der Waals surface area contributed by atoms with Crippen LogP contribution < -0.4 is 4.72 Å². The van der Waals surface area contributed by atoms with Gasteiger partial charge in [-0.2, -0.15) is 0 Å². The first-order valence-electron chi connectivity index (χ1n) is 5.51. The molecule has 0 spiro atoms. The van der Waals surface area contributed by atoms with E-state index in [1.807, 2.05) is 0 Å². The minimum absolute atomic E-state index is 0.0954. The molecule has 0 saturated carbocycles. The summed E-state index contributed by atoms with van der Waals surface area (Å²) < 4.78 is 30.8. The molecular weight excluding hydrogens is 254 g/mol. The van der Waals surface area contributed by atoms with E-state index in [1.165, 1.54) is 12.1 Å². The van der Waals surface area contributed by atoms with Gasteiger partial charge in [-0.25, -0.2) is 17.9 Å². The van der Waals surface area contributed by atoms with Crippen LogP contribution in [-0.2, 0) is 19.6 Å². The highest BCUT2D eigenvalue weighted by Crippen LogP contribution is 2.27. The predicted octanol–water partition coefficient (Wildman–Crippen LogP) is 0.925. The average molecular weight is 267 g/mol. The summed E-state index contributed by atoms with van der Waals surface area (Å²) >= 11 is 0. The zero-order valence-electron chi connectivity index (χ0n) is 9.84. The molecular formula is C12H13NO4S. The van der Waals surface area contributed by atoms with Gasteiger partial charge in [0.1, 0.15) is 0 Å². The molecule has 1 aromatic rings. The molecule has 18 heavy (non-hydrogen) atoms. The zero-order chi connectivity index (χ0) is 13.2. The lowest BCUT2D eigenvalue weighted by molar-refractivity contribution is -0.137. The molecule has 0 aromatic heterocycles. The number of hydrogen-bond acceptors (Lipinski definition) is 4. The number of nitrogens with one attached hydrogen (secondary N) is 1. The second-order valence-corrected chi connectivity index (χ2v) is 5.48. The molecule has 0 fully saturated rings. The molecule has 0 unspecified atom stereocenters. The van der Waals surface area contributed by atoms with E-state index in [9.17, 15) is 13.2 Å². The van der Waals surface area contributed by atoms with E-state index in [0.29, 0.717) is 11.1 Å². The van der Waals surface area contributed by atoms with E-state index in [0.717, 1.165) is 0 Å². The standard InChI is InChI=1S/C12H13NO4S/c1-2-17-12(14)7-9-8-13-18(15,16)11-6-4-3-5-10(9)11/h3-7,13H,2,8H2,1H3/b9-7+. The van der Waals surface area contributed by atoms with Gasteiger partial charge >= 0.3 is 5.97 Å². The van der Waals surface area contributed by atoms with Crippen LogP contribution in [0.1, 0.15) is 12.5 Å².